The number of esters is 1. The molecule has 0 rings (SSSR count). The first-order chi connectivity index (χ1) is 10.2. The maximum atomic E-state index is 11.7. The third-order valence-corrected chi connectivity index (χ3v) is 4.43. The van der Waals surface area contributed by atoms with E-state index in [1.165, 1.54) is 0 Å². The summed E-state index contributed by atoms with van der Waals surface area (Å²) in [6.45, 7) is 4.12. The third-order valence-electron chi connectivity index (χ3n) is 3.36. The van der Waals surface area contributed by atoms with Gasteiger partial charge in [0.25, 0.3) is 10.1 Å². The summed E-state index contributed by atoms with van der Waals surface area (Å²) in [6, 6.07) is 0. The van der Waals surface area contributed by atoms with E-state index in [1.807, 2.05) is 6.92 Å². The smallest absolute Gasteiger partial charge is 0.327 e. The molecule has 2 unspecified atom stereocenters. The molecule has 0 fully saturated rings. The highest BCUT2D eigenvalue weighted by Crippen LogP contribution is 2.17. The monoisotopic (exact) mass is 338 g/mol. The number of carbonyl (C=O) groups excluding carboxylic acids is 1. The topological polar surface area (TPSA) is 118 Å². The van der Waals surface area contributed by atoms with Crippen LogP contribution in [-0.4, -0.2) is 41.9 Å². The highest BCUT2D eigenvalue weighted by atomic mass is 32.2. The molecule has 0 aromatic carbocycles. The van der Waals surface area contributed by atoms with Gasteiger partial charge < -0.3 is 9.84 Å². The fraction of sp³-hybridized carbons (Fsp3) is 0.857. The van der Waals surface area contributed by atoms with Gasteiger partial charge in [-0.2, -0.15) is 8.42 Å². The molecule has 130 valence electrons. The maximum Gasteiger partial charge on any atom is 0.327 e. The number of carboxylic acids is 1. The van der Waals surface area contributed by atoms with Crippen LogP contribution >= 0.6 is 0 Å². The van der Waals surface area contributed by atoms with Crippen LogP contribution in [0.25, 0.3) is 0 Å². The molecule has 0 aliphatic rings. The van der Waals surface area contributed by atoms with Crippen molar-refractivity contribution in [1.29, 1.82) is 0 Å². The van der Waals surface area contributed by atoms with Gasteiger partial charge in [0, 0.05) is 0 Å². The lowest BCUT2D eigenvalue weighted by molar-refractivity contribution is -0.148. The van der Waals surface area contributed by atoms with Crippen LogP contribution in [0.5, 0.6) is 0 Å². The van der Waals surface area contributed by atoms with Gasteiger partial charge in [0.1, 0.15) is 0 Å². The Bertz CT molecular complexity index is 444. The SMILES string of the molecule is CCCCCC(CCC)COC(=O)C(CC(=O)O)S(=O)(=O)O. The predicted octanol–water partition coefficient (Wildman–Crippen LogP) is 2.26. The quantitative estimate of drug-likeness (QED) is 0.318. The second kappa shape index (κ2) is 10.6. The zero-order valence-electron chi connectivity index (χ0n) is 13.2. The average Bonchev–Trinajstić information content (AvgIpc) is 2.40. The molecule has 0 aromatic heterocycles. The number of hydrogen-bond donors (Lipinski definition) is 2. The molecule has 0 amide bonds. The van der Waals surface area contributed by atoms with Gasteiger partial charge in [-0.3, -0.25) is 14.1 Å². The van der Waals surface area contributed by atoms with Gasteiger partial charge in [0.2, 0.25) is 0 Å². The summed E-state index contributed by atoms with van der Waals surface area (Å²) in [5, 5.41) is 6.55. The van der Waals surface area contributed by atoms with E-state index < -0.39 is 33.7 Å². The Morgan fingerprint density at radius 3 is 2.18 bits per heavy atom. The summed E-state index contributed by atoms with van der Waals surface area (Å²) in [6.07, 6.45) is 4.74. The van der Waals surface area contributed by atoms with E-state index in [4.69, 9.17) is 14.4 Å². The van der Waals surface area contributed by atoms with Gasteiger partial charge in [-0.25, -0.2) is 0 Å². The Labute approximate surface area is 131 Å². The van der Waals surface area contributed by atoms with Crippen LogP contribution in [0.2, 0.25) is 0 Å². The van der Waals surface area contributed by atoms with Crippen molar-refractivity contribution >= 4 is 22.1 Å². The highest BCUT2D eigenvalue weighted by Gasteiger charge is 2.35. The van der Waals surface area contributed by atoms with Crippen molar-refractivity contribution in [3.05, 3.63) is 0 Å². The molecule has 0 aromatic rings. The van der Waals surface area contributed by atoms with Gasteiger partial charge >= 0.3 is 11.9 Å². The molecule has 0 radical (unpaired) electrons. The summed E-state index contributed by atoms with van der Waals surface area (Å²) in [7, 11) is -4.80. The Balaban J connectivity index is 4.59. The van der Waals surface area contributed by atoms with Crippen molar-refractivity contribution in [2.75, 3.05) is 6.61 Å². The molecule has 22 heavy (non-hydrogen) atoms. The van der Waals surface area contributed by atoms with E-state index in [1.54, 1.807) is 0 Å². The molecule has 0 aliphatic carbocycles. The highest BCUT2D eigenvalue weighted by molar-refractivity contribution is 7.87. The summed E-state index contributed by atoms with van der Waals surface area (Å²) in [4.78, 5) is 22.3. The van der Waals surface area contributed by atoms with Crippen molar-refractivity contribution in [3.63, 3.8) is 0 Å². The molecule has 0 saturated heterocycles. The Morgan fingerprint density at radius 1 is 1.09 bits per heavy atom. The Morgan fingerprint density at radius 2 is 1.73 bits per heavy atom. The molecular formula is C14H26O7S. The zero-order valence-corrected chi connectivity index (χ0v) is 14.0. The predicted molar refractivity (Wildman–Crippen MR) is 81.1 cm³/mol. The molecule has 2 N–H and O–H groups in total. The van der Waals surface area contributed by atoms with Crippen LogP contribution in [0.3, 0.4) is 0 Å². The van der Waals surface area contributed by atoms with Gasteiger partial charge in [-0.1, -0.05) is 39.5 Å². The molecule has 0 aliphatic heterocycles. The minimum Gasteiger partial charge on any atom is -0.481 e. The van der Waals surface area contributed by atoms with E-state index in [0.29, 0.717) is 0 Å². The van der Waals surface area contributed by atoms with Crippen LogP contribution in [-0.2, 0) is 24.4 Å². The largest absolute Gasteiger partial charge is 0.481 e. The van der Waals surface area contributed by atoms with Crippen LogP contribution in [0, 0.1) is 5.92 Å². The van der Waals surface area contributed by atoms with Crippen LogP contribution in [0.15, 0.2) is 0 Å². The Kier molecular flexibility index (Phi) is 10.0. The fourth-order valence-corrected chi connectivity index (χ4v) is 2.83. The lowest BCUT2D eigenvalue weighted by Crippen LogP contribution is -2.34. The van der Waals surface area contributed by atoms with Gasteiger partial charge in [0.05, 0.1) is 13.0 Å². The summed E-state index contributed by atoms with van der Waals surface area (Å²) < 4.78 is 36.0. The lowest BCUT2D eigenvalue weighted by Gasteiger charge is -2.18. The summed E-state index contributed by atoms with van der Waals surface area (Å²) in [5.74, 6) is -2.58. The molecule has 7 nitrogen and oxygen atoms in total. The van der Waals surface area contributed by atoms with Crippen LogP contribution in [0.4, 0.5) is 0 Å². The van der Waals surface area contributed by atoms with Gasteiger partial charge in [-0.05, 0) is 18.8 Å². The molecule has 0 spiro atoms. The van der Waals surface area contributed by atoms with Gasteiger partial charge in [0.15, 0.2) is 5.25 Å². The van der Waals surface area contributed by atoms with Crippen molar-refractivity contribution < 1.29 is 32.4 Å². The van der Waals surface area contributed by atoms with E-state index in [-0.39, 0.29) is 12.5 Å². The number of carbonyl (C=O) groups is 2. The van der Waals surface area contributed by atoms with E-state index in [9.17, 15) is 18.0 Å². The van der Waals surface area contributed by atoms with E-state index >= 15 is 0 Å². The minimum absolute atomic E-state index is 0.0437. The Hall–Kier alpha value is -1.15. The molecule has 0 heterocycles. The molecule has 0 bridgehead atoms. The van der Waals surface area contributed by atoms with Crippen LogP contribution < -0.4 is 0 Å². The van der Waals surface area contributed by atoms with Gasteiger partial charge in [-0.15, -0.1) is 0 Å². The summed E-state index contributed by atoms with van der Waals surface area (Å²) in [5.41, 5.74) is 0. The maximum absolute atomic E-state index is 11.7. The second-order valence-corrected chi connectivity index (χ2v) is 6.98. The van der Waals surface area contributed by atoms with E-state index in [0.717, 1.165) is 38.5 Å². The average molecular weight is 338 g/mol. The van der Waals surface area contributed by atoms with E-state index in [2.05, 4.69) is 6.92 Å². The minimum atomic E-state index is -4.80. The van der Waals surface area contributed by atoms with Crippen molar-refractivity contribution in [2.45, 2.75) is 64.0 Å². The zero-order chi connectivity index (χ0) is 17.2. The molecule has 2 atom stereocenters. The normalized spacial score (nSPS) is 14.3. The molecule has 8 heteroatoms. The standard InChI is InChI=1S/C14H26O7S/c1-3-5-6-8-11(7-4-2)10-21-14(17)12(9-13(15)16)22(18,19)20/h11-12H,3-10H2,1-2H3,(H,15,16)(H,18,19,20). The number of rotatable bonds is 12. The fourth-order valence-electron chi connectivity index (χ4n) is 2.16. The number of ether oxygens (including phenoxy) is 1. The summed E-state index contributed by atoms with van der Waals surface area (Å²) >= 11 is 0. The first-order valence-electron chi connectivity index (χ1n) is 7.57. The van der Waals surface area contributed by atoms with Crippen molar-refractivity contribution in [1.82, 2.24) is 0 Å². The number of unbranched alkanes of at least 4 members (excludes halogenated alkanes) is 2. The first kappa shape index (κ1) is 20.9. The lowest BCUT2D eigenvalue weighted by atomic mass is 9.97. The number of aliphatic carboxylic acids is 1. The number of hydrogen-bond acceptors (Lipinski definition) is 5. The van der Waals surface area contributed by atoms with Crippen molar-refractivity contribution in [2.24, 2.45) is 5.92 Å². The van der Waals surface area contributed by atoms with Crippen LogP contribution in [0.1, 0.15) is 58.8 Å². The third kappa shape index (κ3) is 8.99. The first-order valence-corrected chi connectivity index (χ1v) is 9.07. The second-order valence-electron chi connectivity index (χ2n) is 5.38. The number of carboxylic acid groups (broad SMARTS) is 1. The van der Waals surface area contributed by atoms with Crippen molar-refractivity contribution in [3.8, 4) is 0 Å². The molecule has 0 saturated carbocycles. The molecular weight excluding hydrogens is 312 g/mol.